The summed E-state index contributed by atoms with van der Waals surface area (Å²) in [7, 11) is 0. The van der Waals surface area contributed by atoms with E-state index >= 15 is 0 Å². The monoisotopic (exact) mass is 372 g/mol. The number of nitro benzene ring substituents is 1. The van der Waals surface area contributed by atoms with Crippen molar-refractivity contribution in [3.8, 4) is 11.5 Å². The van der Waals surface area contributed by atoms with Gasteiger partial charge < -0.3 is 14.8 Å². The van der Waals surface area contributed by atoms with Gasteiger partial charge in [0.25, 0.3) is 11.6 Å². The molecule has 7 heteroatoms. The first-order chi connectivity index (χ1) is 13.0. The molecule has 0 unspecified atom stereocenters. The maximum absolute atomic E-state index is 12.6. The lowest BCUT2D eigenvalue weighted by Crippen LogP contribution is -2.14. The first-order valence-corrected chi connectivity index (χ1v) is 8.92. The topological polar surface area (TPSA) is 90.7 Å². The van der Waals surface area contributed by atoms with Crippen LogP contribution in [0.2, 0.25) is 0 Å². The van der Waals surface area contributed by atoms with Gasteiger partial charge in [-0.3, -0.25) is 14.9 Å². The molecule has 2 aromatic carbocycles. The molecule has 7 nitrogen and oxygen atoms in total. The first-order valence-electron chi connectivity index (χ1n) is 8.92. The zero-order valence-electron chi connectivity index (χ0n) is 15.8. The fourth-order valence-corrected chi connectivity index (χ4v) is 2.46. The maximum Gasteiger partial charge on any atom is 0.274 e. The summed E-state index contributed by atoms with van der Waals surface area (Å²) in [5, 5.41) is 13.8. The number of hydrogen-bond donors (Lipinski definition) is 1. The fraction of sp³-hybridized carbons (Fsp3) is 0.350. The van der Waals surface area contributed by atoms with E-state index in [1.165, 1.54) is 12.1 Å². The van der Waals surface area contributed by atoms with E-state index in [4.69, 9.17) is 9.47 Å². The van der Waals surface area contributed by atoms with Crippen molar-refractivity contribution in [2.75, 3.05) is 18.5 Å². The molecule has 27 heavy (non-hydrogen) atoms. The van der Waals surface area contributed by atoms with Gasteiger partial charge in [-0.25, -0.2) is 0 Å². The Bertz CT molecular complexity index is 820. The number of carbonyl (C=O) groups excluding carboxylic acids is 1. The summed E-state index contributed by atoms with van der Waals surface area (Å²) >= 11 is 0. The summed E-state index contributed by atoms with van der Waals surface area (Å²) in [5.74, 6) is 0.726. The molecule has 2 aromatic rings. The highest BCUT2D eigenvalue weighted by Gasteiger charge is 2.17. The number of rotatable bonds is 9. The maximum atomic E-state index is 12.6. The molecule has 1 N–H and O–H groups in total. The number of ether oxygens (including phenoxy) is 2. The average Bonchev–Trinajstić information content (AvgIpc) is 2.66. The van der Waals surface area contributed by atoms with E-state index in [9.17, 15) is 14.9 Å². The minimum absolute atomic E-state index is 0.0388. The summed E-state index contributed by atoms with van der Waals surface area (Å²) in [6, 6.07) is 9.55. The molecule has 0 saturated heterocycles. The van der Waals surface area contributed by atoms with Gasteiger partial charge >= 0.3 is 0 Å². The Balaban J connectivity index is 2.25. The van der Waals surface area contributed by atoms with Crippen molar-refractivity contribution < 1.29 is 19.2 Å². The molecule has 2 rings (SSSR count). The third kappa shape index (κ3) is 5.20. The Morgan fingerprint density at radius 2 is 1.74 bits per heavy atom. The van der Waals surface area contributed by atoms with Crippen LogP contribution in [-0.4, -0.2) is 24.0 Å². The lowest BCUT2D eigenvalue weighted by atomic mass is 10.1. The fourth-order valence-electron chi connectivity index (χ4n) is 2.46. The predicted molar refractivity (Wildman–Crippen MR) is 104 cm³/mol. The Morgan fingerprint density at radius 1 is 1.07 bits per heavy atom. The summed E-state index contributed by atoms with van der Waals surface area (Å²) < 4.78 is 11.4. The van der Waals surface area contributed by atoms with Crippen LogP contribution in [0.1, 0.15) is 42.6 Å². The van der Waals surface area contributed by atoms with Crippen molar-refractivity contribution in [1.82, 2.24) is 0 Å². The van der Waals surface area contributed by atoms with E-state index in [-0.39, 0.29) is 11.6 Å². The minimum Gasteiger partial charge on any atom is -0.490 e. The summed E-state index contributed by atoms with van der Waals surface area (Å²) in [4.78, 5) is 23.2. The quantitative estimate of drug-likeness (QED) is 0.507. The second kappa shape index (κ2) is 9.56. The zero-order chi connectivity index (χ0) is 19.8. The third-order valence-corrected chi connectivity index (χ3v) is 3.88. The molecule has 0 heterocycles. The van der Waals surface area contributed by atoms with Crippen LogP contribution >= 0.6 is 0 Å². The van der Waals surface area contributed by atoms with E-state index in [1.54, 1.807) is 31.2 Å². The predicted octanol–water partition coefficient (Wildman–Crippen LogP) is 4.73. The molecule has 0 atom stereocenters. The molecular weight excluding hydrogens is 348 g/mol. The molecule has 0 bridgehead atoms. The van der Waals surface area contributed by atoms with Crippen molar-refractivity contribution >= 4 is 17.3 Å². The normalized spacial score (nSPS) is 10.3. The molecule has 1 amide bonds. The van der Waals surface area contributed by atoms with Gasteiger partial charge in [0, 0.05) is 11.6 Å². The second-order valence-corrected chi connectivity index (χ2v) is 6.02. The zero-order valence-corrected chi connectivity index (χ0v) is 15.8. The minimum atomic E-state index is -0.471. The standard InChI is InChI=1S/C20H24N2O5/c1-4-11-26-18-10-9-15(13-19(18)27-12-5-2)20(23)21-16-7-6-8-17(14(16)3)22(24)25/h6-10,13H,4-5,11-12H2,1-3H3,(H,21,23). The number of nitrogens with zero attached hydrogens (tertiary/aromatic N) is 1. The molecular formula is C20H24N2O5. The van der Waals surface area contributed by atoms with E-state index in [0.717, 1.165) is 12.8 Å². The molecule has 144 valence electrons. The highest BCUT2D eigenvalue weighted by atomic mass is 16.6. The van der Waals surface area contributed by atoms with Gasteiger partial charge in [0.2, 0.25) is 0 Å². The van der Waals surface area contributed by atoms with Crippen molar-refractivity contribution in [3.63, 3.8) is 0 Å². The van der Waals surface area contributed by atoms with Crippen molar-refractivity contribution in [3.05, 3.63) is 57.6 Å². The van der Waals surface area contributed by atoms with Gasteiger partial charge in [-0.15, -0.1) is 0 Å². The molecule has 0 aliphatic rings. The van der Waals surface area contributed by atoms with Crippen LogP contribution in [0.3, 0.4) is 0 Å². The Morgan fingerprint density at radius 3 is 2.37 bits per heavy atom. The van der Waals surface area contributed by atoms with Crippen LogP contribution in [0.4, 0.5) is 11.4 Å². The van der Waals surface area contributed by atoms with E-state index < -0.39 is 4.92 Å². The van der Waals surface area contributed by atoms with Crippen molar-refractivity contribution in [1.29, 1.82) is 0 Å². The van der Waals surface area contributed by atoms with Gasteiger partial charge in [0.05, 0.1) is 29.4 Å². The number of hydrogen-bond acceptors (Lipinski definition) is 5. The highest BCUT2D eigenvalue weighted by Crippen LogP contribution is 2.30. The van der Waals surface area contributed by atoms with Crippen molar-refractivity contribution in [2.24, 2.45) is 0 Å². The third-order valence-electron chi connectivity index (χ3n) is 3.88. The van der Waals surface area contributed by atoms with Crippen LogP contribution in [-0.2, 0) is 0 Å². The van der Waals surface area contributed by atoms with Crippen LogP contribution in [0, 0.1) is 17.0 Å². The summed E-state index contributed by atoms with van der Waals surface area (Å²) in [6.07, 6.45) is 1.69. The number of amides is 1. The smallest absolute Gasteiger partial charge is 0.274 e. The number of nitrogens with one attached hydrogen (secondary N) is 1. The SMILES string of the molecule is CCCOc1ccc(C(=O)Nc2cccc([N+](=O)[O-])c2C)cc1OCCC. The summed E-state index contributed by atoms with van der Waals surface area (Å²) in [5.41, 5.74) is 1.15. The number of anilines is 1. The van der Waals surface area contributed by atoms with Gasteiger partial charge in [-0.05, 0) is 44.0 Å². The Labute approximate surface area is 158 Å². The van der Waals surface area contributed by atoms with Crippen LogP contribution in [0.15, 0.2) is 36.4 Å². The largest absolute Gasteiger partial charge is 0.490 e. The molecule has 0 fully saturated rings. The van der Waals surface area contributed by atoms with Gasteiger partial charge in [0.1, 0.15) is 0 Å². The van der Waals surface area contributed by atoms with Gasteiger partial charge in [-0.1, -0.05) is 19.9 Å². The van der Waals surface area contributed by atoms with Crippen LogP contribution in [0.25, 0.3) is 0 Å². The lowest BCUT2D eigenvalue weighted by Gasteiger charge is -2.14. The Kier molecular flexibility index (Phi) is 7.16. The summed E-state index contributed by atoms with van der Waals surface area (Å²) in [6.45, 7) is 6.67. The first kappa shape index (κ1) is 20.2. The van der Waals surface area contributed by atoms with E-state index in [0.29, 0.717) is 41.5 Å². The molecule has 0 saturated carbocycles. The highest BCUT2D eigenvalue weighted by molar-refractivity contribution is 6.05. The van der Waals surface area contributed by atoms with Crippen LogP contribution < -0.4 is 14.8 Å². The molecule has 0 aliphatic carbocycles. The second-order valence-electron chi connectivity index (χ2n) is 6.02. The lowest BCUT2D eigenvalue weighted by molar-refractivity contribution is -0.385. The van der Waals surface area contributed by atoms with E-state index in [1.807, 2.05) is 13.8 Å². The average molecular weight is 372 g/mol. The molecule has 0 aliphatic heterocycles. The molecule has 0 spiro atoms. The van der Waals surface area contributed by atoms with E-state index in [2.05, 4.69) is 5.32 Å². The Hall–Kier alpha value is -3.09. The van der Waals surface area contributed by atoms with Crippen molar-refractivity contribution in [2.45, 2.75) is 33.6 Å². The number of carbonyl (C=O) groups is 1. The van der Waals surface area contributed by atoms with Crippen LogP contribution in [0.5, 0.6) is 11.5 Å². The molecule has 0 radical (unpaired) electrons. The number of benzene rings is 2. The molecule has 0 aromatic heterocycles. The number of nitro groups is 1. The van der Waals surface area contributed by atoms with Gasteiger partial charge in [-0.2, -0.15) is 0 Å². The van der Waals surface area contributed by atoms with Gasteiger partial charge in [0.15, 0.2) is 11.5 Å².